The summed E-state index contributed by atoms with van der Waals surface area (Å²) in [5.74, 6) is 0.873. The van der Waals surface area contributed by atoms with Crippen molar-refractivity contribution in [1.82, 2.24) is 15.6 Å². The summed E-state index contributed by atoms with van der Waals surface area (Å²) in [4.78, 5) is 9.77. The van der Waals surface area contributed by atoms with Crippen molar-refractivity contribution in [1.29, 1.82) is 0 Å². The number of aromatic nitrogens is 1. The number of hydrazine groups is 1. The molecule has 0 saturated heterocycles. The molecule has 8 heteroatoms. The van der Waals surface area contributed by atoms with Crippen LogP contribution in [0, 0.1) is 0 Å². The molecule has 0 bridgehead atoms. The van der Waals surface area contributed by atoms with Crippen LogP contribution in [0.1, 0.15) is 57.7 Å². The Morgan fingerprint density at radius 2 is 2.00 bits per heavy atom. The van der Waals surface area contributed by atoms with Gasteiger partial charge in [-0.25, -0.2) is 0 Å². The second-order valence-corrected chi connectivity index (χ2v) is 7.41. The predicted octanol–water partition coefficient (Wildman–Crippen LogP) is 4.14. The molecule has 2 heterocycles. The van der Waals surface area contributed by atoms with Gasteiger partial charge in [0.05, 0.1) is 11.7 Å². The van der Waals surface area contributed by atoms with E-state index in [-0.39, 0.29) is 17.2 Å². The molecular formula is C17H22F3N3O2. The van der Waals surface area contributed by atoms with E-state index >= 15 is 0 Å². The molecule has 0 aromatic carbocycles. The average Bonchev–Trinajstić information content (AvgIpc) is 3.20. The largest absolute Gasteiger partial charge is 0.481 e. The highest BCUT2D eigenvalue weighted by Crippen LogP contribution is 2.45. The zero-order valence-electron chi connectivity index (χ0n) is 14.6. The van der Waals surface area contributed by atoms with Gasteiger partial charge in [-0.05, 0) is 46.5 Å². The van der Waals surface area contributed by atoms with Gasteiger partial charge in [-0.1, -0.05) is 5.59 Å². The van der Waals surface area contributed by atoms with Crippen molar-refractivity contribution in [3.05, 3.63) is 29.7 Å². The van der Waals surface area contributed by atoms with E-state index in [0.29, 0.717) is 11.5 Å². The van der Waals surface area contributed by atoms with Gasteiger partial charge in [0.25, 0.3) is 0 Å². The molecular weight excluding hydrogens is 335 g/mol. The number of hydrogen-bond acceptors (Lipinski definition) is 5. The third-order valence-corrected chi connectivity index (χ3v) is 4.15. The lowest BCUT2D eigenvalue weighted by Crippen LogP contribution is -2.43. The van der Waals surface area contributed by atoms with Crippen LogP contribution >= 0.6 is 0 Å². The first-order valence-corrected chi connectivity index (χ1v) is 8.23. The summed E-state index contributed by atoms with van der Waals surface area (Å²) in [5, 5.41) is 1.76. The van der Waals surface area contributed by atoms with E-state index in [1.54, 1.807) is 17.4 Å². The van der Waals surface area contributed by atoms with Gasteiger partial charge >= 0.3 is 6.18 Å². The second-order valence-electron chi connectivity index (χ2n) is 7.41. The first kappa shape index (κ1) is 17.8. The van der Waals surface area contributed by atoms with Gasteiger partial charge in [-0.2, -0.15) is 13.2 Å². The van der Waals surface area contributed by atoms with Gasteiger partial charge in [0, 0.05) is 17.8 Å². The fraction of sp³-hybridized carbons (Fsp3) is 0.588. The van der Waals surface area contributed by atoms with E-state index < -0.39 is 12.3 Å². The summed E-state index contributed by atoms with van der Waals surface area (Å²) in [6.45, 7) is 6.98. The van der Waals surface area contributed by atoms with Crippen LogP contribution in [0.25, 0.3) is 5.76 Å². The van der Waals surface area contributed by atoms with E-state index in [1.807, 2.05) is 20.8 Å². The summed E-state index contributed by atoms with van der Waals surface area (Å²) in [6, 6.07) is 1.52. The molecule has 2 aliphatic rings. The van der Waals surface area contributed by atoms with Crippen molar-refractivity contribution in [2.75, 3.05) is 0 Å². The Bertz CT molecular complexity index is 679. The van der Waals surface area contributed by atoms with Crippen LogP contribution in [0.3, 0.4) is 0 Å². The number of nitrogens with zero attached hydrogens (tertiary/aromatic N) is 2. The minimum absolute atomic E-state index is 0.219. The van der Waals surface area contributed by atoms with Crippen LogP contribution in [0.15, 0.2) is 18.5 Å². The van der Waals surface area contributed by atoms with Gasteiger partial charge in [0.1, 0.15) is 11.4 Å². The normalized spacial score (nSPS) is 19.5. The predicted molar refractivity (Wildman–Crippen MR) is 86.1 cm³/mol. The fourth-order valence-corrected chi connectivity index (χ4v) is 2.36. The number of nitrogens with one attached hydrogen (secondary N) is 1. The zero-order chi connectivity index (χ0) is 18.4. The Morgan fingerprint density at radius 3 is 2.52 bits per heavy atom. The number of ether oxygens (including phenoxy) is 1. The van der Waals surface area contributed by atoms with Crippen molar-refractivity contribution in [2.45, 2.75) is 64.3 Å². The topological polar surface area (TPSA) is 46.6 Å². The Balaban J connectivity index is 1.88. The van der Waals surface area contributed by atoms with Crippen molar-refractivity contribution < 1.29 is 22.7 Å². The summed E-state index contributed by atoms with van der Waals surface area (Å²) in [6.07, 6.45) is -1.10. The van der Waals surface area contributed by atoms with Crippen LogP contribution in [-0.2, 0) is 4.84 Å². The molecule has 1 aromatic rings. The number of alkyl halides is 3. The Labute approximate surface area is 144 Å². The number of rotatable bonds is 4. The van der Waals surface area contributed by atoms with Crippen LogP contribution < -0.4 is 10.3 Å². The van der Waals surface area contributed by atoms with Gasteiger partial charge in [-0.3, -0.25) is 9.99 Å². The Kier molecular flexibility index (Phi) is 4.35. The third kappa shape index (κ3) is 4.00. The molecule has 0 amide bonds. The molecule has 138 valence electrons. The first-order chi connectivity index (χ1) is 11.6. The highest BCUT2D eigenvalue weighted by atomic mass is 19.4. The van der Waals surface area contributed by atoms with E-state index in [1.165, 1.54) is 6.07 Å². The van der Waals surface area contributed by atoms with Gasteiger partial charge < -0.3 is 9.57 Å². The maximum atomic E-state index is 12.9. The summed E-state index contributed by atoms with van der Waals surface area (Å²) in [5.41, 5.74) is 3.68. The molecule has 1 atom stereocenters. The molecule has 25 heavy (non-hydrogen) atoms. The standard InChI is InChI=1S/C17H22F3N3O2/c1-10(17(18,19)20)24-14-7-13(21-8-12(14)11-5-6-11)15-9-23(22-25-15)16(2,3)4/h7-11,22H,5-6H2,1-4H3/t10-/m0/s1. The van der Waals surface area contributed by atoms with Gasteiger partial charge in [0.15, 0.2) is 11.9 Å². The van der Waals surface area contributed by atoms with E-state index in [2.05, 4.69) is 10.6 Å². The molecule has 3 rings (SSSR count). The Hall–Kier alpha value is -1.96. The third-order valence-electron chi connectivity index (χ3n) is 4.15. The zero-order valence-corrected chi connectivity index (χ0v) is 14.6. The van der Waals surface area contributed by atoms with Crippen LogP contribution in [-0.4, -0.2) is 27.8 Å². The maximum absolute atomic E-state index is 12.9. The minimum atomic E-state index is -4.42. The smallest absolute Gasteiger partial charge is 0.425 e. The summed E-state index contributed by atoms with van der Waals surface area (Å²) in [7, 11) is 0. The van der Waals surface area contributed by atoms with Crippen LogP contribution in [0.4, 0.5) is 13.2 Å². The highest BCUT2D eigenvalue weighted by molar-refractivity contribution is 5.59. The maximum Gasteiger partial charge on any atom is 0.425 e. The fourth-order valence-electron chi connectivity index (χ4n) is 2.36. The summed E-state index contributed by atoms with van der Waals surface area (Å²) < 4.78 is 43.8. The lowest BCUT2D eigenvalue weighted by atomic mass is 10.1. The minimum Gasteiger partial charge on any atom is -0.481 e. The average molecular weight is 357 g/mol. The van der Waals surface area contributed by atoms with Gasteiger partial charge in [-0.15, -0.1) is 0 Å². The van der Waals surface area contributed by atoms with Gasteiger partial charge in [0.2, 0.25) is 0 Å². The molecule has 1 aliphatic heterocycles. The van der Waals surface area contributed by atoms with E-state index in [4.69, 9.17) is 9.57 Å². The van der Waals surface area contributed by atoms with Crippen LogP contribution in [0.2, 0.25) is 0 Å². The number of hydrogen-bond donors (Lipinski definition) is 1. The molecule has 1 saturated carbocycles. The van der Waals surface area contributed by atoms with Crippen LogP contribution in [0.5, 0.6) is 5.75 Å². The molecule has 1 N–H and O–H groups in total. The Morgan fingerprint density at radius 1 is 1.32 bits per heavy atom. The summed E-state index contributed by atoms with van der Waals surface area (Å²) >= 11 is 0. The molecule has 0 unspecified atom stereocenters. The number of pyridine rings is 1. The lowest BCUT2D eigenvalue weighted by molar-refractivity contribution is -0.189. The van der Waals surface area contributed by atoms with Crippen molar-refractivity contribution >= 4 is 5.76 Å². The molecule has 1 aliphatic carbocycles. The molecule has 0 radical (unpaired) electrons. The molecule has 1 aromatic heterocycles. The molecule has 0 spiro atoms. The first-order valence-electron chi connectivity index (χ1n) is 8.23. The van der Waals surface area contributed by atoms with Crippen molar-refractivity contribution in [2.24, 2.45) is 0 Å². The molecule has 5 nitrogen and oxygen atoms in total. The van der Waals surface area contributed by atoms with Crippen molar-refractivity contribution in [3.63, 3.8) is 0 Å². The number of halogens is 3. The van der Waals surface area contributed by atoms with E-state index in [0.717, 1.165) is 25.3 Å². The second kappa shape index (κ2) is 6.09. The highest BCUT2D eigenvalue weighted by Gasteiger charge is 2.39. The van der Waals surface area contributed by atoms with Crippen molar-refractivity contribution in [3.8, 4) is 5.75 Å². The quantitative estimate of drug-likeness (QED) is 0.878. The lowest BCUT2D eigenvalue weighted by Gasteiger charge is -2.29. The van der Waals surface area contributed by atoms with E-state index in [9.17, 15) is 13.2 Å². The monoisotopic (exact) mass is 357 g/mol. The SMILES string of the molecule is C[C@H](Oc1cc(C2=CN(C(C)(C)C)NO2)ncc1C1CC1)C(F)(F)F. The molecule has 1 fully saturated rings.